The minimum Gasteiger partial charge on any atom is -0.386 e. The maximum atomic E-state index is 14.2. The van der Waals surface area contributed by atoms with Crippen LogP contribution in [0.25, 0.3) is 0 Å². The van der Waals surface area contributed by atoms with Gasteiger partial charge in [0.15, 0.2) is 5.72 Å². The molecule has 1 aliphatic carbocycles. The summed E-state index contributed by atoms with van der Waals surface area (Å²) in [6, 6.07) is 20.5. The molecule has 0 unspecified atom stereocenters. The van der Waals surface area contributed by atoms with Crippen molar-refractivity contribution < 1.29 is 19.4 Å². The van der Waals surface area contributed by atoms with Gasteiger partial charge in [-0.3, -0.25) is 9.69 Å². The lowest BCUT2D eigenvalue weighted by molar-refractivity contribution is -0.130. The monoisotopic (exact) mass is 539 g/mol. The summed E-state index contributed by atoms with van der Waals surface area (Å²) in [6.45, 7) is 4.76. The topological polar surface area (TPSA) is 59.0 Å². The molecule has 5 nitrogen and oxygen atoms in total. The SMILES string of the molecule is COCC1(CO[C@]2(c3ccc(Cl)cc3)c3ccc(C(C)(C)O)cc3C(=O)N2Cc2ccc(Cl)cc2)CC1. The second-order valence-electron chi connectivity index (χ2n) is 10.7. The average molecular weight is 540 g/mol. The van der Waals surface area contributed by atoms with Crippen LogP contribution in [0.15, 0.2) is 66.7 Å². The molecule has 3 aromatic rings. The van der Waals surface area contributed by atoms with Crippen LogP contribution in [0.3, 0.4) is 0 Å². The van der Waals surface area contributed by atoms with E-state index >= 15 is 0 Å². The van der Waals surface area contributed by atoms with Gasteiger partial charge in [0.1, 0.15) is 0 Å². The van der Waals surface area contributed by atoms with Crippen LogP contribution in [0.2, 0.25) is 10.0 Å². The smallest absolute Gasteiger partial charge is 0.257 e. The minimum atomic E-state index is -1.18. The minimum absolute atomic E-state index is 0.0705. The number of halogens is 2. The van der Waals surface area contributed by atoms with E-state index in [1.165, 1.54) is 0 Å². The van der Waals surface area contributed by atoms with E-state index in [0.717, 1.165) is 29.5 Å². The third-order valence-corrected chi connectivity index (χ3v) is 7.94. The summed E-state index contributed by atoms with van der Waals surface area (Å²) in [5.74, 6) is -0.164. The van der Waals surface area contributed by atoms with E-state index < -0.39 is 11.3 Å². The molecule has 0 saturated heterocycles. The molecule has 37 heavy (non-hydrogen) atoms. The summed E-state index contributed by atoms with van der Waals surface area (Å²) < 4.78 is 12.4. The Morgan fingerprint density at radius 3 is 2.14 bits per heavy atom. The van der Waals surface area contributed by atoms with E-state index in [2.05, 4.69) is 0 Å². The number of carbonyl (C=O) groups is 1. The van der Waals surface area contributed by atoms with Gasteiger partial charge < -0.3 is 14.6 Å². The van der Waals surface area contributed by atoms with Crippen molar-refractivity contribution in [1.82, 2.24) is 4.90 Å². The number of aliphatic hydroxyl groups is 1. The zero-order valence-electron chi connectivity index (χ0n) is 21.3. The molecular formula is C30H31Cl2NO4. The van der Waals surface area contributed by atoms with Crippen LogP contribution in [0.4, 0.5) is 0 Å². The molecule has 1 heterocycles. The highest BCUT2D eigenvalue weighted by atomic mass is 35.5. The molecule has 0 bridgehead atoms. The summed E-state index contributed by atoms with van der Waals surface area (Å²) in [5, 5.41) is 11.9. The van der Waals surface area contributed by atoms with Gasteiger partial charge in [0, 0.05) is 45.8 Å². The van der Waals surface area contributed by atoms with Crippen LogP contribution in [0.1, 0.15) is 59.3 Å². The van der Waals surface area contributed by atoms with Crippen LogP contribution in [0, 0.1) is 5.41 Å². The van der Waals surface area contributed by atoms with Crippen molar-refractivity contribution in [2.75, 3.05) is 20.3 Å². The van der Waals surface area contributed by atoms with Crippen LogP contribution in [-0.4, -0.2) is 36.2 Å². The van der Waals surface area contributed by atoms with Crippen molar-refractivity contribution >= 4 is 29.1 Å². The second kappa shape index (κ2) is 9.72. The number of nitrogens with zero attached hydrogens (tertiary/aromatic N) is 1. The standard InChI is InChI=1S/C30H31Cl2NO4/c1-28(2,35)22-8-13-26-25(16-22)27(34)33(17-20-4-9-23(31)10-5-20)30(26,21-6-11-24(32)12-7-21)37-19-29(14-15-29)18-36-3/h4-13,16,35H,14-15,17-19H2,1-3H3/t30-/m1/s1. The molecule has 1 amide bonds. The summed E-state index contributed by atoms with van der Waals surface area (Å²) in [6.07, 6.45) is 2.01. The van der Waals surface area contributed by atoms with Gasteiger partial charge in [0.05, 0.1) is 18.8 Å². The quantitative estimate of drug-likeness (QED) is 0.336. The van der Waals surface area contributed by atoms with Crippen molar-refractivity contribution in [1.29, 1.82) is 0 Å². The fourth-order valence-corrected chi connectivity index (χ4v) is 5.34. The van der Waals surface area contributed by atoms with Crippen molar-refractivity contribution in [2.45, 2.75) is 44.6 Å². The van der Waals surface area contributed by atoms with Gasteiger partial charge in [0.25, 0.3) is 5.91 Å². The summed E-state index contributed by atoms with van der Waals surface area (Å²) in [4.78, 5) is 15.9. The lowest BCUT2D eigenvalue weighted by atomic mass is 9.89. The van der Waals surface area contributed by atoms with E-state index in [4.69, 9.17) is 32.7 Å². The molecule has 5 rings (SSSR count). The molecule has 1 atom stereocenters. The zero-order valence-corrected chi connectivity index (χ0v) is 22.8. The number of rotatable bonds is 9. The number of benzene rings is 3. The highest BCUT2D eigenvalue weighted by Crippen LogP contribution is 2.52. The number of hydrogen-bond donors (Lipinski definition) is 1. The lowest BCUT2D eigenvalue weighted by Crippen LogP contribution is -2.47. The molecule has 0 radical (unpaired) electrons. The van der Waals surface area contributed by atoms with Crippen molar-refractivity contribution in [2.24, 2.45) is 5.41 Å². The van der Waals surface area contributed by atoms with E-state index in [1.54, 1.807) is 31.9 Å². The van der Waals surface area contributed by atoms with E-state index in [-0.39, 0.29) is 11.3 Å². The van der Waals surface area contributed by atoms with Gasteiger partial charge in [-0.15, -0.1) is 0 Å². The molecule has 1 N–H and O–H groups in total. The first-order valence-corrected chi connectivity index (χ1v) is 13.2. The largest absolute Gasteiger partial charge is 0.386 e. The van der Waals surface area contributed by atoms with Gasteiger partial charge in [-0.25, -0.2) is 0 Å². The maximum absolute atomic E-state index is 14.2. The van der Waals surface area contributed by atoms with Gasteiger partial charge in [-0.1, -0.05) is 59.6 Å². The van der Waals surface area contributed by atoms with Crippen LogP contribution in [0.5, 0.6) is 0 Å². The maximum Gasteiger partial charge on any atom is 0.257 e. The Hall–Kier alpha value is -2.41. The number of carbonyl (C=O) groups excluding carboxylic acids is 1. The Kier molecular flexibility index (Phi) is 6.88. The van der Waals surface area contributed by atoms with Crippen molar-refractivity contribution in [3.63, 3.8) is 0 Å². The number of hydrogen-bond acceptors (Lipinski definition) is 4. The summed E-state index contributed by atoms with van der Waals surface area (Å²) in [7, 11) is 1.70. The third kappa shape index (κ3) is 4.91. The van der Waals surface area contributed by atoms with Crippen LogP contribution in [-0.2, 0) is 27.3 Å². The summed E-state index contributed by atoms with van der Waals surface area (Å²) in [5.41, 5.74) is 1.30. The second-order valence-corrected chi connectivity index (χ2v) is 11.6. The average Bonchev–Trinajstić information content (AvgIpc) is 3.59. The normalized spacial score (nSPS) is 20.3. The molecular weight excluding hydrogens is 509 g/mol. The zero-order chi connectivity index (χ0) is 26.4. The fourth-order valence-electron chi connectivity index (χ4n) is 5.08. The highest BCUT2D eigenvalue weighted by Gasteiger charge is 2.55. The van der Waals surface area contributed by atoms with Crippen LogP contribution < -0.4 is 0 Å². The van der Waals surface area contributed by atoms with E-state index in [1.807, 2.05) is 60.7 Å². The Morgan fingerprint density at radius 1 is 0.946 bits per heavy atom. The Balaban J connectivity index is 1.68. The highest BCUT2D eigenvalue weighted by molar-refractivity contribution is 6.30. The van der Waals surface area contributed by atoms with Crippen molar-refractivity contribution in [3.8, 4) is 0 Å². The van der Waals surface area contributed by atoms with Gasteiger partial charge >= 0.3 is 0 Å². The van der Waals surface area contributed by atoms with Gasteiger partial charge in [0.2, 0.25) is 0 Å². The summed E-state index contributed by atoms with van der Waals surface area (Å²) >= 11 is 12.4. The van der Waals surface area contributed by atoms with Crippen molar-refractivity contribution in [3.05, 3.63) is 105 Å². The number of methoxy groups -OCH3 is 1. The first-order chi connectivity index (χ1) is 17.6. The molecule has 0 spiro atoms. The Labute approximate surface area is 227 Å². The number of ether oxygens (including phenoxy) is 2. The van der Waals surface area contributed by atoms with E-state index in [9.17, 15) is 9.90 Å². The lowest BCUT2D eigenvalue weighted by Gasteiger charge is -2.40. The Bertz CT molecular complexity index is 1300. The Morgan fingerprint density at radius 2 is 1.57 bits per heavy atom. The predicted molar refractivity (Wildman–Crippen MR) is 145 cm³/mol. The molecule has 0 aromatic heterocycles. The first kappa shape index (κ1) is 26.2. The molecule has 1 saturated carbocycles. The van der Waals surface area contributed by atoms with Gasteiger partial charge in [-0.05, 0) is 68.1 Å². The third-order valence-electron chi connectivity index (χ3n) is 7.43. The molecule has 7 heteroatoms. The molecule has 1 aliphatic heterocycles. The number of fused-ring (bicyclic) bond motifs is 1. The molecule has 2 aliphatic rings. The molecule has 194 valence electrons. The number of amides is 1. The van der Waals surface area contributed by atoms with Crippen LogP contribution >= 0.6 is 23.2 Å². The first-order valence-electron chi connectivity index (χ1n) is 12.4. The fraction of sp³-hybridized carbons (Fsp3) is 0.367. The predicted octanol–water partition coefficient (Wildman–Crippen LogP) is 6.52. The van der Waals surface area contributed by atoms with E-state index in [0.29, 0.717) is 40.9 Å². The molecule has 3 aromatic carbocycles. The molecule has 1 fully saturated rings. The van der Waals surface area contributed by atoms with Gasteiger partial charge in [-0.2, -0.15) is 0 Å².